The Morgan fingerprint density at radius 1 is 1.15 bits per heavy atom. The van der Waals surface area contributed by atoms with Crippen molar-refractivity contribution in [3.05, 3.63) is 69.7 Å². The van der Waals surface area contributed by atoms with Gasteiger partial charge >= 0.3 is 0 Å². The first kappa shape index (κ1) is 15.1. The maximum atomic E-state index is 13.9. The summed E-state index contributed by atoms with van der Waals surface area (Å²) in [4.78, 5) is 0. The molecule has 106 valence electrons. The van der Waals surface area contributed by atoms with Gasteiger partial charge in [-0.3, -0.25) is 0 Å². The van der Waals surface area contributed by atoms with Crippen molar-refractivity contribution < 1.29 is 8.78 Å². The topological polar surface area (TPSA) is 12.0 Å². The summed E-state index contributed by atoms with van der Waals surface area (Å²) in [5.41, 5.74) is 1.51. The van der Waals surface area contributed by atoms with Crippen molar-refractivity contribution in [1.82, 2.24) is 5.32 Å². The molecule has 0 aliphatic heterocycles. The Kier molecular flexibility index (Phi) is 5.26. The van der Waals surface area contributed by atoms with Crippen molar-refractivity contribution in [2.45, 2.75) is 12.3 Å². The van der Waals surface area contributed by atoms with Gasteiger partial charge < -0.3 is 5.32 Å². The molecule has 2 aromatic carbocycles. The Morgan fingerprint density at radius 2 is 1.95 bits per heavy atom. The third-order valence-electron chi connectivity index (χ3n) is 3.25. The van der Waals surface area contributed by atoms with Gasteiger partial charge in [0, 0.05) is 16.9 Å². The van der Waals surface area contributed by atoms with Crippen LogP contribution in [-0.4, -0.2) is 13.6 Å². The summed E-state index contributed by atoms with van der Waals surface area (Å²) < 4.78 is 28.0. The number of rotatable bonds is 5. The average molecular weight is 340 g/mol. The minimum absolute atomic E-state index is 0.0337. The number of hydrogen-bond acceptors (Lipinski definition) is 1. The first-order valence-electron chi connectivity index (χ1n) is 6.44. The Hall–Kier alpha value is -1.26. The Bertz CT molecular complexity index is 586. The van der Waals surface area contributed by atoms with Gasteiger partial charge in [0.15, 0.2) is 0 Å². The molecule has 0 aromatic heterocycles. The lowest BCUT2D eigenvalue weighted by Gasteiger charge is -2.18. The monoisotopic (exact) mass is 339 g/mol. The van der Waals surface area contributed by atoms with Gasteiger partial charge in [0.05, 0.1) is 0 Å². The molecule has 2 aromatic rings. The summed E-state index contributed by atoms with van der Waals surface area (Å²) in [5, 5.41) is 3.08. The molecule has 2 rings (SSSR count). The summed E-state index contributed by atoms with van der Waals surface area (Å²) in [6.45, 7) is 0.666. The van der Waals surface area contributed by atoms with Gasteiger partial charge in [-0.1, -0.05) is 34.1 Å². The summed E-state index contributed by atoms with van der Waals surface area (Å²) in [7, 11) is 1.84. The largest absolute Gasteiger partial charge is 0.319 e. The van der Waals surface area contributed by atoms with Gasteiger partial charge in [0.1, 0.15) is 11.6 Å². The molecule has 0 aliphatic carbocycles. The maximum absolute atomic E-state index is 13.9. The quantitative estimate of drug-likeness (QED) is 0.857. The molecule has 0 radical (unpaired) electrons. The highest BCUT2D eigenvalue weighted by atomic mass is 79.9. The van der Waals surface area contributed by atoms with E-state index in [1.54, 1.807) is 12.1 Å². The van der Waals surface area contributed by atoms with E-state index in [2.05, 4.69) is 21.2 Å². The van der Waals surface area contributed by atoms with E-state index >= 15 is 0 Å². The van der Waals surface area contributed by atoms with Crippen LogP contribution in [0.2, 0.25) is 0 Å². The molecule has 0 heterocycles. The third kappa shape index (κ3) is 3.87. The minimum Gasteiger partial charge on any atom is -0.319 e. The van der Waals surface area contributed by atoms with Gasteiger partial charge in [-0.25, -0.2) is 8.78 Å². The van der Waals surface area contributed by atoms with Crippen LogP contribution in [0.15, 0.2) is 46.9 Å². The van der Waals surface area contributed by atoms with Crippen LogP contribution in [0.1, 0.15) is 17.0 Å². The zero-order chi connectivity index (χ0) is 14.5. The van der Waals surface area contributed by atoms with Crippen LogP contribution in [0.4, 0.5) is 8.78 Å². The van der Waals surface area contributed by atoms with Gasteiger partial charge in [-0.05, 0) is 48.9 Å². The van der Waals surface area contributed by atoms with E-state index in [0.29, 0.717) is 18.5 Å². The highest BCUT2D eigenvalue weighted by molar-refractivity contribution is 9.10. The molecule has 0 fully saturated rings. The molecule has 20 heavy (non-hydrogen) atoms. The van der Waals surface area contributed by atoms with E-state index < -0.39 is 0 Å². The lowest BCUT2D eigenvalue weighted by molar-refractivity contribution is 0.569. The van der Waals surface area contributed by atoms with Gasteiger partial charge in [0.25, 0.3) is 0 Å². The number of benzene rings is 2. The highest BCUT2D eigenvalue weighted by Gasteiger charge is 2.15. The predicted octanol–water partition coefficient (Wildman–Crippen LogP) is 4.27. The van der Waals surface area contributed by atoms with Gasteiger partial charge in [-0.15, -0.1) is 0 Å². The molecule has 0 amide bonds. The molecule has 1 N–H and O–H groups in total. The fraction of sp³-hybridized carbons (Fsp3) is 0.250. The Morgan fingerprint density at radius 3 is 2.60 bits per heavy atom. The smallest absolute Gasteiger partial charge is 0.127 e. The molecule has 4 heteroatoms. The normalized spacial score (nSPS) is 12.4. The predicted molar refractivity (Wildman–Crippen MR) is 80.9 cm³/mol. The first-order chi connectivity index (χ1) is 9.60. The zero-order valence-electron chi connectivity index (χ0n) is 11.2. The van der Waals surface area contributed by atoms with E-state index in [-0.39, 0.29) is 17.6 Å². The minimum atomic E-state index is -0.264. The summed E-state index contributed by atoms with van der Waals surface area (Å²) >= 11 is 3.25. The van der Waals surface area contributed by atoms with Crippen molar-refractivity contribution in [3.63, 3.8) is 0 Å². The molecule has 0 aliphatic rings. The number of halogens is 3. The Balaban J connectivity index is 2.25. The lowest BCUT2D eigenvalue weighted by Crippen LogP contribution is -2.19. The maximum Gasteiger partial charge on any atom is 0.127 e. The molecule has 1 unspecified atom stereocenters. The Labute approximate surface area is 126 Å². The van der Waals surface area contributed by atoms with E-state index in [1.807, 2.05) is 19.2 Å². The van der Waals surface area contributed by atoms with Crippen molar-refractivity contribution in [2.75, 3.05) is 13.6 Å². The van der Waals surface area contributed by atoms with Crippen LogP contribution >= 0.6 is 15.9 Å². The van der Waals surface area contributed by atoms with E-state index in [0.717, 1.165) is 10.0 Å². The second-order valence-electron chi connectivity index (χ2n) is 4.75. The molecule has 1 atom stereocenters. The molecule has 1 nitrogen and oxygen atoms in total. The lowest BCUT2D eigenvalue weighted by atomic mass is 9.91. The zero-order valence-corrected chi connectivity index (χ0v) is 12.8. The van der Waals surface area contributed by atoms with Crippen LogP contribution in [0.5, 0.6) is 0 Å². The second-order valence-corrected chi connectivity index (χ2v) is 5.67. The average Bonchev–Trinajstić information content (AvgIpc) is 2.41. The van der Waals surface area contributed by atoms with Gasteiger partial charge in [-0.2, -0.15) is 0 Å². The summed E-state index contributed by atoms with van der Waals surface area (Å²) in [6.07, 6.45) is 0.531. The highest BCUT2D eigenvalue weighted by Crippen LogP contribution is 2.24. The van der Waals surface area contributed by atoms with E-state index in [1.165, 1.54) is 18.2 Å². The van der Waals surface area contributed by atoms with Crippen molar-refractivity contribution in [3.8, 4) is 0 Å². The number of hydrogen-bond donors (Lipinski definition) is 1. The van der Waals surface area contributed by atoms with Crippen molar-refractivity contribution >= 4 is 15.9 Å². The van der Waals surface area contributed by atoms with Crippen molar-refractivity contribution in [1.29, 1.82) is 0 Å². The molecule has 0 saturated carbocycles. The fourth-order valence-corrected chi connectivity index (χ4v) is 2.60. The third-order valence-corrected chi connectivity index (χ3v) is 3.75. The number of nitrogens with one attached hydrogen (secondary N) is 1. The standard InChI is InChI=1S/C16H16BrF2N/c1-20-10-13(11-3-2-4-15(18)8-11)7-12-5-6-14(17)9-16(12)19/h2-6,8-9,13,20H,7,10H2,1H3. The fourth-order valence-electron chi connectivity index (χ4n) is 2.27. The molecular weight excluding hydrogens is 324 g/mol. The van der Waals surface area contributed by atoms with Crippen LogP contribution < -0.4 is 5.32 Å². The van der Waals surface area contributed by atoms with E-state index in [9.17, 15) is 8.78 Å². The summed E-state index contributed by atoms with van der Waals surface area (Å²) in [6, 6.07) is 11.5. The van der Waals surface area contributed by atoms with Crippen LogP contribution in [0, 0.1) is 11.6 Å². The van der Waals surface area contributed by atoms with Gasteiger partial charge in [0.2, 0.25) is 0 Å². The van der Waals surface area contributed by atoms with E-state index in [4.69, 9.17) is 0 Å². The second kappa shape index (κ2) is 6.95. The molecule has 0 bridgehead atoms. The molecule has 0 spiro atoms. The molecular formula is C16H16BrF2N. The molecule has 0 saturated heterocycles. The first-order valence-corrected chi connectivity index (χ1v) is 7.23. The van der Waals surface area contributed by atoms with Crippen molar-refractivity contribution in [2.24, 2.45) is 0 Å². The van der Waals surface area contributed by atoms with Crippen LogP contribution in [-0.2, 0) is 6.42 Å². The summed E-state index contributed by atoms with van der Waals surface area (Å²) in [5.74, 6) is -0.469. The number of likely N-dealkylation sites (N-methyl/N-ethyl adjacent to an activating group) is 1. The van der Waals surface area contributed by atoms with Crippen LogP contribution in [0.25, 0.3) is 0 Å². The SMILES string of the molecule is CNCC(Cc1ccc(Br)cc1F)c1cccc(F)c1. The van der Waals surface area contributed by atoms with Crippen LogP contribution in [0.3, 0.4) is 0 Å².